The number of carbonyl (C=O) groups excluding carboxylic acids is 1. The molecule has 20 heavy (non-hydrogen) atoms. The van der Waals surface area contributed by atoms with E-state index in [1.54, 1.807) is 0 Å². The molecule has 0 aromatic carbocycles. The van der Waals surface area contributed by atoms with E-state index in [-0.39, 0.29) is 5.91 Å². The molecule has 1 saturated heterocycles. The van der Waals surface area contributed by atoms with Gasteiger partial charge in [-0.3, -0.25) is 4.79 Å². The zero-order valence-electron chi connectivity index (χ0n) is 13.2. The fraction of sp³-hybridized carbons (Fsp3) is 0.867. The van der Waals surface area contributed by atoms with Gasteiger partial charge in [-0.2, -0.15) is 0 Å². The molecule has 0 unspecified atom stereocenters. The third-order valence-electron chi connectivity index (χ3n) is 3.21. The summed E-state index contributed by atoms with van der Waals surface area (Å²) in [5.74, 6) is 1.72. The minimum absolute atomic E-state index is 0.221. The van der Waals surface area contributed by atoms with Crippen molar-refractivity contribution in [1.29, 1.82) is 0 Å². The van der Waals surface area contributed by atoms with Crippen molar-refractivity contribution in [3.8, 4) is 0 Å². The Hall–Kier alpha value is -0.290. The number of likely N-dealkylation sites (tertiary alicyclic amines) is 1. The average Bonchev–Trinajstić information content (AvgIpc) is 2.87. The van der Waals surface area contributed by atoms with Crippen LogP contribution in [0.15, 0.2) is 0 Å². The van der Waals surface area contributed by atoms with Crippen LogP contribution in [-0.2, 0) is 4.79 Å². The van der Waals surface area contributed by atoms with Crippen molar-refractivity contribution in [2.24, 2.45) is 11.8 Å². The van der Waals surface area contributed by atoms with E-state index in [1.807, 2.05) is 4.90 Å². The van der Waals surface area contributed by atoms with Gasteiger partial charge >= 0.3 is 0 Å². The van der Waals surface area contributed by atoms with Crippen LogP contribution >= 0.6 is 24.0 Å². The number of amides is 1. The van der Waals surface area contributed by atoms with Crippen molar-refractivity contribution in [2.75, 3.05) is 31.9 Å². The SMILES string of the molecule is CC(C)CN(CC(C)C)C(=O)CSC(=S)N1CCCC1. The molecule has 0 atom stereocenters. The molecule has 3 nitrogen and oxygen atoms in total. The van der Waals surface area contributed by atoms with E-state index < -0.39 is 0 Å². The Morgan fingerprint density at radius 2 is 1.65 bits per heavy atom. The lowest BCUT2D eigenvalue weighted by Crippen LogP contribution is -2.38. The van der Waals surface area contributed by atoms with Crippen molar-refractivity contribution in [1.82, 2.24) is 9.80 Å². The van der Waals surface area contributed by atoms with Gasteiger partial charge in [0.2, 0.25) is 5.91 Å². The molecule has 0 radical (unpaired) electrons. The lowest BCUT2D eigenvalue weighted by atomic mass is 10.1. The Kier molecular flexibility index (Phi) is 7.88. The summed E-state index contributed by atoms with van der Waals surface area (Å²) in [7, 11) is 0. The topological polar surface area (TPSA) is 23.6 Å². The van der Waals surface area contributed by atoms with E-state index in [0.717, 1.165) is 30.5 Å². The summed E-state index contributed by atoms with van der Waals surface area (Å²) >= 11 is 6.94. The number of carbonyl (C=O) groups is 1. The highest BCUT2D eigenvalue weighted by Crippen LogP contribution is 2.17. The van der Waals surface area contributed by atoms with Crippen LogP contribution < -0.4 is 0 Å². The van der Waals surface area contributed by atoms with Gasteiger partial charge in [-0.15, -0.1) is 0 Å². The lowest BCUT2D eigenvalue weighted by Gasteiger charge is -2.27. The molecular formula is C15H28N2OS2. The number of thioether (sulfide) groups is 1. The first-order chi connectivity index (χ1) is 9.40. The molecule has 0 N–H and O–H groups in total. The van der Waals surface area contributed by atoms with Crippen LogP contribution in [0.1, 0.15) is 40.5 Å². The third-order valence-corrected chi connectivity index (χ3v) is 4.72. The van der Waals surface area contributed by atoms with Crippen molar-refractivity contribution in [2.45, 2.75) is 40.5 Å². The molecule has 0 spiro atoms. The normalized spacial score (nSPS) is 15.2. The van der Waals surface area contributed by atoms with Crippen molar-refractivity contribution in [3.63, 3.8) is 0 Å². The second-order valence-corrected chi connectivity index (χ2v) is 7.94. The molecule has 0 aromatic heterocycles. The van der Waals surface area contributed by atoms with Gasteiger partial charge in [-0.25, -0.2) is 0 Å². The zero-order chi connectivity index (χ0) is 15.1. The fourth-order valence-electron chi connectivity index (χ4n) is 2.37. The van der Waals surface area contributed by atoms with Crippen LogP contribution in [0.3, 0.4) is 0 Å². The molecule has 1 fully saturated rings. The summed E-state index contributed by atoms with van der Waals surface area (Å²) in [6.07, 6.45) is 2.45. The number of thiocarbonyl (C=S) groups is 1. The maximum absolute atomic E-state index is 12.4. The Balaban J connectivity index is 2.41. The smallest absolute Gasteiger partial charge is 0.233 e. The van der Waals surface area contributed by atoms with Gasteiger partial charge in [0.05, 0.1) is 5.75 Å². The maximum Gasteiger partial charge on any atom is 0.233 e. The molecule has 1 amide bonds. The van der Waals surface area contributed by atoms with Crippen LogP contribution in [0.25, 0.3) is 0 Å². The monoisotopic (exact) mass is 316 g/mol. The molecule has 116 valence electrons. The standard InChI is InChI=1S/C15H28N2OS2/c1-12(2)9-17(10-13(3)4)14(18)11-20-15(19)16-7-5-6-8-16/h12-13H,5-11H2,1-4H3. The number of hydrogen-bond donors (Lipinski definition) is 0. The Labute approximate surface area is 133 Å². The van der Waals surface area contributed by atoms with E-state index >= 15 is 0 Å². The first-order valence-electron chi connectivity index (χ1n) is 7.59. The molecule has 5 heteroatoms. The Bertz CT molecular complexity index is 316. The van der Waals surface area contributed by atoms with Gasteiger partial charge in [-0.05, 0) is 24.7 Å². The quantitative estimate of drug-likeness (QED) is 0.702. The predicted octanol–water partition coefficient (Wildman–Crippen LogP) is 3.24. The van der Waals surface area contributed by atoms with Crippen molar-refractivity contribution < 1.29 is 4.79 Å². The van der Waals surface area contributed by atoms with Crippen LogP contribution in [0.4, 0.5) is 0 Å². The minimum Gasteiger partial charge on any atom is -0.358 e. The Morgan fingerprint density at radius 1 is 1.15 bits per heavy atom. The first kappa shape index (κ1) is 17.8. The second-order valence-electron chi connectivity index (χ2n) is 6.34. The largest absolute Gasteiger partial charge is 0.358 e. The molecule has 1 aliphatic heterocycles. The Morgan fingerprint density at radius 3 is 2.10 bits per heavy atom. The van der Waals surface area contributed by atoms with E-state index in [2.05, 4.69) is 32.6 Å². The molecule has 0 bridgehead atoms. The molecule has 1 aliphatic rings. The summed E-state index contributed by atoms with van der Waals surface area (Å²) in [5.41, 5.74) is 0. The molecule has 1 heterocycles. The van der Waals surface area contributed by atoms with E-state index in [4.69, 9.17) is 12.2 Å². The summed E-state index contributed by atoms with van der Waals surface area (Å²) < 4.78 is 0.893. The van der Waals surface area contributed by atoms with Crippen LogP contribution in [0.2, 0.25) is 0 Å². The van der Waals surface area contributed by atoms with Gasteiger partial charge in [0, 0.05) is 26.2 Å². The van der Waals surface area contributed by atoms with E-state index in [1.165, 1.54) is 24.6 Å². The summed E-state index contributed by atoms with van der Waals surface area (Å²) in [6.45, 7) is 12.4. The van der Waals surface area contributed by atoms with E-state index in [9.17, 15) is 4.79 Å². The van der Waals surface area contributed by atoms with Gasteiger partial charge in [-0.1, -0.05) is 51.7 Å². The van der Waals surface area contributed by atoms with Crippen molar-refractivity contribution >= 4 is 34.2 Å². The molecule has 0 aliphatic carbocycles. The third kappa shape index (κ3) is 6.44. The molecular weight excluding hydrogens is 288 g/mol. The highest BCUT2D eigenvalue weighted by Gasteiger charge is 2.19. The molecule has 0 saturated carbocycles. The zero-order valence-corrected chi connectivity index (χ0v) is 14.9. The highest BCUT2D eigenvalue weighted by molar-refractivity contribution is 8.23. The van der Waals surface area contributed by atoms with Crippen LogP contribution in [0.5, 0.6) is 0 Å². The van der Waals surface area contributed by atoms with Gasteiger partial charge in [0.1, 0.15) is 4.32 Å². The van der Waals surface area contributed by atoms with E-state index in [0.29, 0.717) is 17.6 Å². The minimum atomic E-state index is 0.221. The summed E-state index contributed by atoms with van der Waals surface area (Å²) in [6, 6.07) is 0. The lowest BCUT2D eigenvalue weighted by molar-refractivity contribution is -0.129. The number of nitrogens with zero attached hydrogens (tertiary/aromatic N) is 2. The number of rotatable bonds is 6. The van der Waals surface area contributed by atoms with Crippen LogP contribution in [-0.4, -0.2) is 52.0 Å². The van der Waals surface area contributed by atoms with Gasteiger partial charge in [0.15, 0.2) is 0 Å². The average molecular weight is 317 g/mol. The number of hydrogen-bond acceptors (Lipinski definition) is 3. The molecule has 0 aromatic rings. The van der Waals surface area contributed by atoms with Crippen LogP contribution in [0, 0.1) is 11.8 Å². The van der Waals surface area contributed by atoms with Gasteiger partial charge < -0.3 is 9.80 Å². The summed E-state index contributed by atoms with van der Waals surface area (Å²) in [4.78, 5) is 16.6. The predicted molar refractivity (Wildman–Crippen MR) is 92.1 cm³/mol. The summed E-state index contributed by atoms with van der Waals surface area (Å²) in [5, 5.41) is 0. The highest BCUT2D eigenvalue weighted by atomic mass is 32.2. The fourth-order valence-corrected chi connectivity index (χ4v) is 3.52. The maximum atomic E-state index is 12.4. The van der Waals surface area contributed by atoms with Crippen molar-refractivity contribution in [3.05, 3.63) is 0 Å². The first-order valence-corrected chi connectivity index (χ1v) is 8.99. The second kappa shape index (κ2) is 8.88. The van der Waals surface area contributed by atoms with Gasteiger partial charge in [0.25, 0.3) is 0 Å². The molecule has 1 rings (SSSR count).